The van der Waals surface area contributed by atoms with Crippen LogP contribution in [0.25, 0.3) is 6.08 Å². The number of hydrogen-bond donors (Lipinski definition) is 2. The number of benzene rings is 2. The summed E-state index contributed by atoms with van der Waals surface area (Å²) in [6, 6.07) is 13.6. The fourth-order valence-electron chi connectivity index (χ4n) is 2.53. The molecule has 1 atom stereocenters. The molecule has 0 radical (unpaired) electrons. The van der Waals surface area contributed by atoms with Gasteiger partial charge in [0.25, 0.3) is 11.8 Å². The summed E-state index contributed by atoms with van der Waals surface area (Å²) in [5, 5.41) is 11.0. The first kappa shape index (κ1) is 18.8. The van der Waals surface area contributed by atoms with Crippen LogP contribution in [-0.4, -0.2) is 35.0 Å². The average molecular weight is 380 g/mol. The molecule has 2 aromatic carbocycles. The van der Waals surface area contributed by atoms with Gasteiger partial charge in [0.2, 0.25) is 0 Å². The zero-order valence-corrected chi connectivity index (χ0v) is 14.8. The Kier molecular flexibility index (Phi) is 5.21. The molecule has 8 nitrogen and oxygen atoms in total. The number of imide groups is 2. The van der Waals surface area contributed by atoms with Gasteiger partial charge in [0, 0.05) is 0 Å². The van der Waals surface area contributed by atoms with Crippen molar-refractivity contribution in [3.05, 3.63) is 65.7 Å². The lowest BCUT2D eigenvalue weighted by Gasteiger charge is -2.26. The lowest BCUT2D eigenvalue weighted by molar-refractivity contribution is -0.144. The molecule has 28 heavy (non-hydrogen) atoms. The number of anilines is 1. The fourth-order valence-corrected chi connectivity index (χ4v) is 2.53. The number of carbonyl (C=O) groups is 4. The number of rotatable bonds is 5. The molecule has 0 spiro atoms. The number of amides is 4. The van der Waals surface area contributed by atoms with E-state index in [4.69, 9.17) is 9.84 Å². The van der Waals surface area contributed by atoms with Crippen molar-refractivity contribution in [3.8, 4) is 5.75 Å². The maximum Gasteiger partial charge on any atom is 0.344 e. The fraction of sp³-hybridized carbons (Fsp3) is 0.100. The zero-order chi connectivity index (χ0) is 20.3. The van der Waals surface area contributed by atoms with Gasteiger partial charge in [0.05, 0.1) is 5.69 Å². The summed E-state index contributed by atoms with van der Waals surface area (Å²) in [6.07, 6.45) is 0.338. The molecule has 1 saturated heterocycles. The lowest BCUT2D eigenvalue weighted by Crippen LogP contribution is -2.54. The summed E-state index contributed by atoms with van der Waals surface area (Å²) < 4.78 is 5.23. The van der Waals surface area contributed by atoms with E-state index in [1.165, 1.54) is 25.1 Å². The lowest BCUT2D eigenvalue weighted by atomic mass is 10.1. The Morgan fingerprint density at radius 3 is 2.32 bits per heavy atom. The molecule has 4 amide bonds. The van der Waals surface area contributed by atoms with E-state index in [-0.39, 0.29) is 5.57 Å². The van der Waals surface area contributed by atoms with Crippen molar-refractivity contribution in [2.45, 2.75) is 13.0 Å². The van der Waals surface area contributed by atoms with Gasteiger partial charge >= 0.3 is 12.0 Å². The SMILES string of the molecule is C[C@H](Oc1ccc(/C=C2\C(=O)NC(=O)N(c3ccccc3)C2=O)cc1)C(=O)O. The molecular formula is C20H16N2O6. The molecule has 2 aromatic rings. The van der Waals surface area contributed by atoms with Crippen molar-refractivity contribution < 1.29 is 29.0 Å². The molecule has 8 heteroatoms. The van der Waals surface area contributed by atoms with Gasteiger partial charge < -0.3 is 9.84 Å². The Morgan fingerprint density at radius 1 is 1.07 bits per heavy atom. The molecule has 1 fully saturated rings. The summed E-state index contributed by atoms with van der Waals surface area (Å²) in [5.74, 6) is -2.29. The van der Waals surface area contributed by atoms with Crippen LogP contribution in [-0.2, 0) is 14.4 Å². The number of urea groups is 1. The van der Waals surface area contributed by atoms with Gasteiger partial charge in [-0.3, -0.25) is 14.9 Å². The summed E-state index contributed by atoms with van der Waals surface area (Å²) in [6.45, 7) is 1.40. The molecule has 1 aliphatic rings. The molecule has 0 saturated carbocycles. The Morgan fingerprint density at radius 2 is 1.71 bits per heavy atom. The zero-order valence-electron chi connectivity index (χ0n) is 14.8. The largest absolute Gasteiger partial charge is 0.479 e. The van der Waals surface area contributed by atoms with E-state index in [1.54, 1.807) is 42.5 Å². The second kappa shape index (κ2) is 7.75. The van der Waals surface area contributed by atoms with E-state index < -0.39 is 29.9 Å². The second-order valence-corrected chi connectivity index (χ2v) is 5.96. The number of para-hydroxylation sites is 1. The van der Waals surface area contributed by atoms with E-state index in [2.05, 4.69) is 5.32 Å². The Bertz CT molecular complexity index is 966. The van der Waals surface area contributed by atoms with Crippen LogP contribution < -0.4 is 15.0 Å². The minimum Gasteiger partial charge on any atom is -0.479 e. The van der Waals surface area contributed by atoms with Gasteiger partial charge in [-0.2, -0.15) is 0 Å². The van der Waals surface area contributed by atoms with E-state index >= 15 is 0 Å². The van der Waals surface area contributed by atoms with E-state index in [0.717, 1.165) is 4.90 Å². The number of carbonyl (C=O) groups excluding carboxylic acids is 3. The summed E-state index contributed by atoms with van der Waals surface area (Å²) in [4.78, 5) is 48.7. The smallest absolute Gasteiger partial charge is 0.344 e. The number of nitrogens with one attached hydrogen (secondary N) is 1. The minimum absolute atomic E-state index is 0.198. The maximum absolute atomic E-state index is 12.7. The van der Waals surface area contributed by atoms with Crippen molar-refractivity contribution in [1.29, 1.82) is 0 Å². The normalized spacial score (nSPS) is 16.7. The van der Waals surface area contributed by atoms with Crippen molar-refractivity contribution in [1.82, 2.24) is 5.32 Å². The van der Waals surface area contributed by atoms with Gasteiger partial charge in [-0.15, -0.1) is 0 Å². The van der Waals surface area contributed by atoms with Crippen molar-refractivity contribution >= 4 is 35.6 Å². The summed E-state index contributed by atoms with van der Waals surface area (Å²) in [5.41, 5.74) is 0.655. The molecule has 2 N–H and O–H groups in total. The van der Waals surface area contributed by atoms with Gasteiger partial charge in [-0.05, 0) is 42.8 Å². The number of hydrogen-bond acceptors (Lipinski definition) is 5. The highest BCUT2D eigenvalue weighted by molar-refractivity contribution is 6.39. The molecule has 0 aliphatic carbocycles. The van der Waals surface area contributed by atoms with Crippen molar-refractivity contribution in [3.63, 3.8) is 0 Å². The van der Waals surface area contributed by atoms with E-state index in [1.807, 2.05) is 0 Å². The quantitative estimate of drug-likeness (QED) is 0.607. The van der Waals surface area contributed by atoms with Crippen LogP contribution in [0.1, 0.15) is 12.5 Å². The first-order valence-corrected chi connectivity index (χ1v) is 8.33. The highest BCUT2D eigenvalue weighted by Crippen LogP contribution is 2.22. The summed E-state index contributed by atoms with van der Waals surface area (Å²) >= 11 is 0. The molecule has 0 unspecified atom stereocenters. The molecule has 3 rings (SSSR count). The molecule has 1 aliphatic heterocycles. The topological polar surface area (TPSA) is 113 Å². The van der Waals surface area contributed by atoms with Crippen LogP contribution in [0.15, 0.2) is 60.2 Å². The number of aliphatic carboxylic acids is 1. The third-order valence-corrected chi connectivity index (χ3v) is 3.97. The standard InChI is InChI=1S/C20H16N2O6/c1-12(19(25)26)28-15-9-7-13(8-10-15)11-16-17(23)21-20(27)22(18(16)24)14-5-3-2-4-6-14/h2-12H,1H3,(H,25,26)(H,21,23,27)/b16-11+/t12-/m0/s1. The molecule has 142 valence electrons. The second-order valence-electron chi connectivity index (χ2n) is 5.96. The van der Waals surface area contributed by atoms with Crippen LogP contribution in [0.2, 0.25) is 0 Å². The first-order chi connectivity index (χ1) is 13.4. The third kappa shape index (κ3) is 3.90. The third-order valence-electron chi connectivity index (χ3n) is 3.97. The van der Waals surface area contributed by atoms with Gasteiger partial charge in [0.15, 0.2) is 6.10 Å². The Labute approximate surface area is 160 Å². The summed E-state index contributed by atoms with van der Waals surface area (Å²) in [7, 11) is 0. The van der Waals surface area contributed by atoms with E-state index in [0.29, 0.717) is 17.0 Å². The molecule has 0 aromatic heterocycles. The number of barbiturate groups is 1. The first-order valence-electron chi connectivity index (χ1n) is 8.33. The highest BCUT2D eigenvalue weighted by Gasteiger charge is 2.36. The van der Waals surface area contributed by atoms with Gasteiger partial charge in [-0.1, -0.05) is 30.3 Å². The molecular weight excluding hydrogens is 364 g/mol. The predicted molar refractivity (Wildman–Crippen MR) is 99.6 cm³/mol. The van der Waals surface area contributed by atoms with Crippen LogP contribution in [0, 0.1) is 0 Å². The Hall–Kier alpha value is -3.94. The maximum atomic E-state index is 12.7. The number of carboxylic acids is 1. The predicted octanol–water partition coefficient (Wildman–Crippen LogP) is 2.20. The van der Waals surface area contributed by atoms with Crippen LogP contribution in [0.5, 0.6) is 5.75 Å². The minimum atomic E-state index is -1.10. The molecule has 1 heterocycles. The highest BCUT2D eigenvalue weighted by atomic mass is 16.5. The molecule has 0 bridgehead atoms. The number of ether oxygens (including phenoxy) is 1. The Balaban J connectivity index is 1.86. The van der Waals surface area contributed by atoms with Crippen molar-refractivity contribution in [2.24, 2.45) is 0 Å². The monoisotopic (exact) mass is 380 g/mol. The van der Waals surface area contributed by atoms with Gasteiger partial charge in [-0.25, -0.2) is 14.5 Å². The van der Waals surface area contributed by atoms with Gasteiger partial charge in [0.1, 0.15) is 11.3 Å². The van der Waals surface area contributed by atoms with Crippen LogP contribution in [0.4, 0.5) is 10.5 Å². The van der Waals surface area contributed by atoms with Crippen LogP contribution >= 0.6 is 0 Å². The number of nitrogens with zero attached hydrogens (tertiary/aromatic N) is 1. The van der Waals surface area contributed by atoms with E-state index in [9.17, 15) is 19.2 Å². The van der Waals surface area contributed by atoms with Crippen molar-refractivity contribution in [2.75, 3.05) is 4.90 Å². The number of carboxylic acid groups (broad SMARTS) is 1. The average Bonchev–Trinajstić information content (AvgIpc) is 2.67. The van der Waals surface area contributed by atoms with Crippen LogP contribution in [0.3, 0.4) is 0 Å².